The summed E-state index contributed by atoms with van der Waals surface area (Å²) >= 11 is 8.59. The van der Waals surface area contributed by atoms with Crippen molar-refractivity contribution in [2.75, 3.05) is 49.2 Å². The van der Waals surface area contributed by atoms with E-state index in [-0.39, 0.29) is 20.3 Å². The molecule has 0 radical (unpaired) electrons. The quantitative estimate of drug-likeness (QED) is 0.352. The zero-order valence-corrected chi connectivity index (χ0v) is 26.6. The molecule has 41 heavy (non-hydrogen) atoms. The van der Waals surface area contributed by atoms with Crippen molar-refractivity contribution in [1.29, 1.82) is 0 Å². The predicted octanol–water partition coefficient (Wildman–Crippen LogP) is 7.19. The van der Waals surface area contributed by atoms with Gasteiger partial charge < -0.3 is 19.3 Å². The molecule has 220 valence electrons. The molecule has 10 heteroatoms. The van der Waals surface area contributed by atoms with Crippen LogP contribution in [0.3, 0.4) is 0 Å². The van der Waals surface area contributed by atoms with Crippen LogP contribution in [0.15, 0.2) is 60.7 Å². The minimum Gasteiger partial charge on any atom is -0.445 e. The molecule has 3 spiro atoms. The standard InChI is InChI=1S/C31H38N2O4S4/c34-27(36-19-25-7-3-1-4-8-25)32-15-11-30(12-16-32)38-21-29(22-39-30)23-40-31(41-24-29)13-17-33(18-14-31)28(35)37-20-26-9-5-2-6-10-26/h1-10H,11-24H2. The van der Waals surface area contributed by atoms with Gasteiger partial charge in [0.25, 0.3) is 0 Å². The van der Waals surface area contributed by atoms with Crippen molar-refractivity contribution in [1.82, 2.24) is 9.80 Å². The number of nitrogens with zero attached hydrogens (tertiary/aromatic N) is 2. The number of benzene rings is 2. The number of thioether (sulfide) groups is 4. The maximum Gasteiger partial charge on any atom is 0.410 e. The predicted molar refractivity (Wildman–Crippen MR) is 173 cm³/mol. The summed E-state index contributed by atoms with van der Waals surface area (Å²) in [6.07, 6.45) is 3.73. The topological polar surface area (TPSA) is 59.1 Å². The summed E-state index contributed by atoms with van der Waals surface area (Å²) in [6, 6.07) is 19.8. The van der Waals surface area contributed by atoms with Gasteiger partial charge in [-0.15, -0.1) is 47.0 Å². The second-order valence-electron chi connectivity index (χ2n) is 11.5. The molecule has 2 aromatic carbocycles. The van der Waals surface area contributed by atoms with Crippen LogP contribution in [0.5, 0.6) is 0 Å². The van der Waals surface area contributed by atoms with E-state index in [0.29, 0.717) is 18.6 Å². The second-order valence-corrected chi connectivity index (χ2v) is 17.5. The average Bonchev–Trinajstić information content (AvgIpc) is 3.04. The van der Waals surface area contributed by atoms with Crippen LogP contribution in [-0.4, -0.2) is 79.3 Å². The number of hydrogen-bond donors (Lipinski definition) is 0. The van der Waals surface area contributed by atoms with Gasteiger partial charge in [-0.05, 0) is 36.8 Å². The third-order valence-corrected chi connectivity index (χ3v) is 16.7. The molecule has 0 saturated carbocycles. The van der Waals surface area contributed by atoms with Crippen LogP contribution in [0.4, 0.5) is 9.59 Å². The molecule has 4 aliphatic heterocycles. The Morgan fingerprint density at radius 1 is 0.585 bits per heavy atom. The highest BCUT2D eigenvalue weighted by atomic mass is 32.2. The number of carbonyl (C=O) groups is 2. The molecule has 4 fully saturated rings. The number of likely N-dealkylation sites (tertiary alicyclic amines) is 2. The van der Waals surface area contributed by atoms with Crippen molar-refractivity contribution in [3.63, 3.8) is 0 Å². The Bertz CT molecular complexity index is 1070. The molecular weight excluding hydrogens is 593 g/mol. The van der Waals surface area contributed by atoms with E-state index in [1.165, 1.54) is 23.0 Å². The summed E-state index contributed by atoms with van der Waals surface area (Å²) in [7, 11) is 0. The first-order valence-electron chi connectivity index (χ1n) is 14.4. The Hall–Kier alpha value is -1.62. The normalized spacial score (nSPS) is 22.9. The van der Waals surface area contributed by atoms with Crippen LogP contribution in [0.25, 0.3) is 0 Å². The van der Waals surface area contributed by atoms with Gasteiger partial charge in [0.15, 0.2) is 0 Å². The van der Waals surface area contributed by atoms with E-state index in [0.717, 1.165) is 63.0 Å². The van der Waals surface area contributed by atoms with E-state index in [1.54, 1.807) is 0 Å². The molecule has 0 aliphatic carbocycles. The zero-order chi connectivity index (χ0) is 28.2. The molecule has 2 amide bonds. The molecule has 0 bridgehead atoms. The molecule has 4 aliphatic rings. The third-order valence-electron chi connectivity index (χ3n) is 8.54. The van der Waals surface area contributed by atoms with Crippen LogP contribution in [0.1, 0.15) is 36.8 Å². The number of hydrogen-bond acceptors (Lipinski definition) is 8. The smallest absolute Gasteiger partial charge is 0.410 e. The summed E-state index contributed by atoms with van der Waals surface area (Å²) in [5.41, 5.74) is 2.42. The summed E-state index contributed by atoms with van der Waals surface area (Å²) in [4.78, 5) is 29.1. The van der Waals surface area contributed by atoms with Gasteiger partial charge in [0.05, 0.1) is 8.16 Å². The molecular formula is C31H38N2O4S4. The van der Waals surface area contributed by atoms with Gasteiger partial charge in [0, 0.05) is 54.6 Å². The SMILES string of the molecule is O=C(OCc1ccccc1)N1CCC2(CC1)SCC1(CS2)CSC2(CCN(C(=O)OCc3ccccc3)CC2)SC1. The maximum atomic E-state index is 12.6. The van der Waals surface area contributed by atoms with Crippen molar-refractivity contribution >= 4 is 59.2 Å². The molecule has 2 aromatic rings. The molecule has 0 unspecified atom stereocenters. The lowest BCUT2D eigenvalue weighted by Crippen LogP contribution is -2.51. The Morgan fingerprint density at radius 3 is 1.27 bits per heavy atom. The summed E-state index contributed by atoms with van der Waals surface area (Å²) in [5.74, 6) is 4.80. The van der Waals surface area contributed by atoms with E-state index in [1.807, 2.05) is 70.5 Å². The van der Waals surface area contributed by atoms with Crippen LogP contribution in [-0.2, 0) is 22.7 Å². The van der Waals surface area contributed by atoms with E-state index in [2.05, 4.69) is 47.0 Å². The Morgan fingerprint density at radius 2 is 0.927 bits per heavy atom. The molecule has 4 heterocycles. The molecule has 0 N–H and O–H groups in total. The molecule has 4 saturated heterocycles. The van der Waals surface area contributed by atoms with Crippen LogP contribution in [0.2, 0.25) is 0 Å². The van der Waals surface area contributed by atoms with Gasteiger partial charge in [-0.2, -0.15) is 0 Å². The van der Waals surface area contributed by atoms with Crippen LogP contribution >= 0.6 is 47.0 Å². The lowest BCUT2D eigenvalue weighted by molar-refractivity contribution is 0.0884. The Labute approximate surface area is 260 Å². The number of rotatable bonds is 4. The Balaban J connectivity index is 0.912. The highest BCUT2D eigenvalue weighted by Gasteiger charge is 2.51. The van der Waals surface area contributed by atoms with Gasteiger partial charge in [-0.1, -0.05) is 60.7 Å². The molecule has 6 nitrogen and oxygen atoms in total. The van der Waals surface area contributed by atoms with Gasteiger partial charge in [0.1, 0.15) is 13.2 Å². The fraction of sp³-hybridized carbons (Fsp3) is 0.548. The lowest BCUT2D eigenvalue weighted by Gasteiger charge is -2.53. The zero-order valence-electron chi connectivity index (χ0n) is 23.3. The highest BCUT2D eigenvalue weighted by Crippen LogP contribution is 2.60. The van der Waals surface area contributed by atoms with Gasteiger partial charge in [-0.3, -0.25) is 0 Å². The maximum absolute atomic E-state index is 12.6. The third kappa shape index (κ3) is 7.13. The number of amides is 2. The van der Waals surface area contributed by atoms with E-state index in [9.17, 15) is 9.59 Å². The summed E-state index contributed by atoms with van der Waals surface area (Å²) in [5, 5.41) is 0. The summed E-state index contributed by atoms with van der Waals surface area (Å²) in [6.45, 7) is 3.77. The van der Waals surface area contributed by atoms with Crippen molar-refractivity contribution in [2.24, 2.45) is 5.41 Å². The van der Waals surface area contributed by atoms with Crippen molar-refractivity contribution in [3.05, 3.63) is 71.8 Å². The second kappa shape index (κ2) is 12.9. The summed E-state index contributed by atoms with van der Waals surface area (Å²) < 4.78 is 11.6. The van der Waals surface area contributed by atoms with Crippen molar-refractivity contribution in [2.45, 2.75) is 47.1 Å². The number of carbonyl (C=O) groups excluding carboxylic acids is 2. The molecule has 6 rings (SSSR count). The first-order chi connectivity index (χ1) is 20.0. The van der Waals surface area contributed by atoms with E-state index >= 15 is 0 Å². The monoisotopic (exact) mass is 630 g/mol. The fourth-order valence-electron chi connectivity index (χ4n) is 5.73. The fourth-order valence-corrected chi connectivity index (χ4v) is 13.3. The first-order valence-corrected chi connectivity index (χ1v) is 18.4. The van der Waals surface area contributed by atoms with Crippen LogP contribution in [0, 0.1) is 5.41 Å². The highest BCUT2D eigenvalue weighted by molar-refractivity contribution is 8.20. The average molecular weight is 631 g/mol. The molecule has 0 atom stereocenters. The Kier molecular flexibility index (Phi) is 9.29. The van der Waals surface area contributed by atoms with Gasteiger partial charge in [0.2, 0.25) is 0 Å². The minimum absolute atomic E-state index is 0.188. The largest absolute Gasteiger partial charge is 0.445 e. The van der Waals surface area contributed by atoms with Crippen molar-refractivity contribution in [3.8, 4) is 0 Å². The number of ether oxygens (including phenoxy) is 2. The minimum atomic E-state index is -0.188. The van der Waals surface area contributed by atoms with Gasteiger partial charge in [-0.25, -0.2) is 9.59 Å². The molecule has 0 aromatic heterocycles. The van der Waals surface area contributed by atoms with Crippen LogP contribution < -0.4 is 0 Å². The van der Waals surface area contributed by atoms with Gasteiger partial charge >= 0.3 is 12.2 Å². The first kappa shape index (κ1) is 29.5. The van der Waals surface area contributed by atoms with Crippen molar-refractivity contribution < 1.29 is 19.1 Å². The lowest BCUT2D eigenvalue weighted by atomic mass is 9.99. The van der Waals surface area contributed by atoms with E-state index in [4.69, 9.17) is 9.47 Å². The number of piperidine rings is 2. The van der Waals surface area contributed by atoms with E-state index < -0.39 is 0 Å².